The average molecular weight is 368 g/mol. The zero-order valence-corrected chi connectivity index (χ0v) is 10.4. The number of nitrogens with zero attached hydrogens (tertiary/aromatic N) is 3. The van der Waals surface area contributed by atoms with Crippen molar-refractivity contribution in [2.75, 3.05) is 0 Å². The minimum absolute atomic E-state index is 0.352. The van der Waals surface area contributed by atoms with Crippen LogP contribution in [0.15, 0.2) is 16.7 Å². The summed E-state index contributed by atoms with van der Waals surface area (Å²) < 4.78 is 2.28. The number of rotatable bonds is 0. The van der Waals surface area contributed by atoms with Crippen LogP contribution in [0.3, 0.4) is 0 Å². The molecule has 0 spiro atoms. The molecule has 2 rings (SSSR count). The Labute approximate surface area is 100 Å². The van der Waals surface area contributed by atoms with Gasteiger partial charge in [-0.05, 0) is 44.6 Å². The largest absolute Gasteiger partial charge is 0.463 e. The third kappa shape index (κ3) is 1.50. The van der Waals surface area contributed by atoms with Crippen LogP contribution in [0.1, 0.15) is 0 Å². The van der Waals surface area contributed by atoms with Crippen LogP contribution in [-0.4, -0.2) is 26.0 Å². The van der Waals surface area contributed by atoms with Gasteiger partial charge in [-0.15, -0.1) is 4.68 Å². The second-order valence-electron chi connectivity index (χ2n) is 2.51. The summed E-state index contributed by atoms with van der Waals surface area (Å²) in [6, 6.07) is 1.79. The molecule has 0 aliphatic carbocycles. The highest BCUT2D eigenvalue weighted by atomic mass is 127. The second kappa shape index (κ2) is 3.46. The molecule has 2 heterocycles. The molecule has 2 aromatic rings. The van der Waals surface area contributed by atoms with E-state index in [1.807, 2.05) is 22.6 Å². The molecule has 72 valence electrons. The standard InChI is InChI=1S/C7H3BrIN3O2/c8-3-1-4-5(9)11-12(7(13)14)6(4)10-2-3/h1-2H,(H,13,14). The highest BCUT2D eigenvalue weighted by molar-refractivity contribution is 14.1. The van der Waals surface area contributed by atoms with E-state index in [1.54, 1.807) is 12.3 Å². The van der Waals surface area contributed by atoms with Crippen LogP contribution in [0.5, 0.6) is 0 Å². The lowest BCUT2D eigenvalue weighted by Crippen LogP contribution is -2.10. The van der Waals surface area contributed by atoms with Crippen molar-refractivity contribution in [2.45, 2.75) is 0 Å². The molecule has 1 N–H and O–H groups in total. The van der Waals surface area contributed by atoms with Gasteiger partial charge >= 0.3 is 6.09 Å². The summed E-state index contributed by atoms with van der Waals surface area (Å²) >= 11 is 5.24. The first-order valence-electron chi connectivity index (χ1n) is 3.52. The smallest absolute Gasteiger partial charge is 0.434 e. The van der Waals surface area contributed by atoms with Crippen molar-refractivity contribution >= 4 is 55.6 Å². The maximum Gasteiger partial charge on any atom is 0.434 e. The lowest BCUT2D eigenvalue weighted by molar-refractivity contribution is 0.193. The Kier molecular flexibility index (Phi) is 2.43. The molecule has 5 nitrogen and oxygen atoms in total. The van der Waals surface area contributed by atoms with E-state index in [0.29, 0.717) is 9.35 Å². The van der Waals surface area contributed by atoms with Crippen molar-refractivity contribution in [3.05, 3.63) is 20.4 Å². The van der Waals surface area contributed by atoms with Crippen LogP contribution in [0.2, 0.25) is 0 Å². The van der Waals surface area contributed by atoms with E-state index in [9.17, 15) is 4.79 Å². The van der Waals surface area contributed by atoms with Gasteiger partial charge in [0, 0.05) is 10.7 Å². The van der Waals surface area contributed by atoms with E-state index >= 15 is 0 Å². The Morgan fingerprint density at radius 1 is 1.64 bits per heavy atom. The van der Waals surface area contributed by atoms with Gasteiger partial charge in [0.25, 0.3) is 0 Å². The van der Waals surface area contributed by atoms with Crippen molar-refractivity contribution in [3.63, 3.8) is 0 Å². The van der Waals surface area contributed by atoms with Crippen molar-refractivity contribution in [1.29, 1.82) is 0 Å². The fourth-order valence-corrected chi connectivity index (χ4v) is 2.02. The lowest BCUT2D eigenvalue weighted by atomic mass is 10.4. The number of hydrogen-bond donors (Lipinski definition) is 1. The fourth-order valence-electron chi connectivity index (χ4n) is 1.08. The molecule has 0 saturated carbocycles. The molecule has 0 aliphatic rings. The third-order valence-corrected chi connectivity index (χ3v) is 2.86. The van der Waals surface area contributed by atoms with Crippen LogP contribution in [-0.2, 0) is 0 Å². The summed E-state index contributed by atoms with van der Waals surface area (Å²) in [4.78, 5) is 14.7. The van der Waals surface area contributed by atoms with Crippen LogP contribution < -0.4 is 0 Å². The number of pyridine rings is 1. The Hall–Kier alpha value is -0.700. The summed E-state index contributed by atoms with van der Waals surface area (Å²) in [5.41, 5.74) is 0.352. The van der Waals surface area contributed by atoms with Gasteiger partial charge in [-0.25, -0.2) is 9.78 Å². The molecular formula is C7H3BrIN3O2. The molecule has 0 radical (unpaired) electrons. The minimum atomic E-state index is -1.13. The van der Waals surface area contributed by atoms with Crippen molar-refractivity contribution < 1.29 is 9.90 Å². The Morgan fingerprint density at radius 3 is 3.00 bits per heavy atom. The first-order valence-corrected chi connectivity index (χ1v) is 5.40. The van der Waals surface area contributed by atoms with Gasteiger partial charge in [0.1, 0.15) is 3.70 Å². The summed E-state index contributed by atoms with van der Waals surface area (Å²) in [7, 11) is 0. The normalized spacial score (nSPS) is 10.7. The fraction of sp³-hybridized carbons (Fsp3) is 0. The van der Waals surface area contributed by atoms with Crippen LogP contribution in [0.4, 0.5) is 4.79 Å². The number of carbonyl (C=O) groups is 1. The zero-order valence-electron chi connectivity index (χ0n) is 6.61. The van der Waals surface area contributed by atoms with E-state index in [2.05, 4.69) is 26.0 Å². The van der Waals surface area contributed by atoms with E-state index in [1.165, 1.54) is 0 Å². The van der Waals surface area contributed by atoms with E-state index < -0.39 is 6.09 Å². The summed E-state index contributed by atoms with van der Waals surface area (Å²) in [6.45, 7) is 0. The molecule has 0 unspecified atom stereocenters. The van der Waals surface area contributed by atoms with Crippen molar-refractivity contribution in [1.82, 2.24) is 14.8 Å². The number of halogens is 2. The van der Waals surface area contributed by atoms with Crippen molar-refractivity contribution in [3.8, 4) is 0 Å². The highest BCUT2D eigenvalue weighted by Crippen LogP contribution is 2.21. The molecule has 0 saturated heterocycles. The predicted octanol–water partition coefficient (Wildman–Crippen LogP) is 2.32. The quantitative estimate of drug-likeness (QED) is 0.725. The van der Waals surface area contributed by atoms with Gasteiger partial charge in [-0.2, -0.15) is 5.10 Å². The van der Waals surface area contributed by atoms with Crippen LogP contribution >= 0.6 is 38.5 Å². The average Bonchev–Trinajstić information content (AvgIpc) is 2.44. The Balaban J connectivity index is 2.84. The van der Waals surface area contributed by atoms with Gasteiger partial charge in [0.2, 0.25) is 0 Å². The lowest BCUT2D eigenvalue weighted by Gasteiger charge is -1.93. The molecular weight excluding hydrogens is 365 g/mol. The Bertz CT molecular complexity index is 525. The van der Waals surface area contributed by atoms with Crippen LogP contribution in [0.25, 0.3) is 11.0 Å². The number of carboxylic acid groups (broad SMARTS) is 1. The predicted molar refractivity (Wildman–Crippen MR) is 61.4 cm³/mol. The molecule has 0 amide bonds. The molecule has 2 aromatic heterocycles. The van der Waals surface area contributed by atoms with E-state index in [4.69, 9.17) is 5.11 Å². The summed E-state index contributed by atoms with van der Waals surface area (Å²) in [5.74, 6) is 0. The molecule has 0 aliphatic heterocycles. The first kappa shape index (κ1) is 9.84. The van der Waals surface area contributed by atoms with Gasteiger partial charge < -0.3 is 5.11 Å². The highest BCUT2D eigenvalue weighted by Gasteiger charge is 2.14. The van der Waals surface area contributed by atoms with Gasteiger partial charge in [0.05, 0.1) is 5.39 Å². The van der Waals surface area contributed by atoms with Crippen molar-refractivity contribution in [2.24, 2.45) is 0 Å². The Morgan fingerprint density at radius 2 is 2.36 bits per heavy atom. The SMILES string of the molecule is O=C(O)n1nc(I)c2cc(Br)cnc21. The number of hydrogen-bond acceptors (Lipinski definition) is 3. The first-order chi connectivity index (χ1) is 6.59. The van der Waals surface area contributed by atoms with Gasteiger partial charge in [-0.3, -0.25) is 0 Å². The van der Waals surface area contributed by atoms with E-state index in [0.717, 1.165) is 14.5 Å². The summed E-state index contributed by atoms with van der Waals surface area (Å²) in [6.07, 6.45) is 0.409. The molecule has 0 atom stereocenters. The number of aromatic nitrogens is 3. The third-order valence-electron chi connectivity index (χ3n) is 1.63. The second-order valence-corrected chi connectivity index (χ2v) is 4.45. The topological polar surface area (TPSA) is 68.0 Å². The maximum atomic E-state index is 10.8. The summed E-state index contributed by atoms with van der Waals surface area (Å²) in [5, 5.41) is 13.4. The monoisotopic (exact) mass is 367 g/mol. The molecule has 0 aromatic carbocycles. The zero-order chi connectivity index (χ0) is 10.3. The molecule has 0 bridgehead atoms. The number of fused-ring (bicyclic) bond motifs is 1. The van der Waals surface area contributed by atoms with Gasteiger partial charge in [0.15, 0.2) is 5.65 Å². The molecule has 0 fully saturated rings. The molecule has 14 heavy (non-hydrogen) atoms. The van der Waals surface area contributed by atoms with E-state index in [-0.39, 0.29) is 0 Å². The minimum Gasteiger partial charge on any atom is -0.463 e. The maximum absolute atomic E-state index is 10.8. The molecule has 7 heteroatoms. The van der Waals surface area contributed by atoms with Crippen LogP contribution in [0, 0.1) is 3.70 Å². The van der Waals surface area contributed by atoms with Gasteiger partial charge in [-0.1, -0.05) is 0 Å².